The first-order valence-corrected chi connectivity index (χ1v) is 21.9. The van der Waals surface area contributed by atoms with Crippen LogP contribution in [0.4, 0.5) is 0 Å². The molecule has 0 rings (SSSR count). The Bertz CT molecular complexity index is 926. The Morgan fingerprint density at radius 1 is 0.547 bits per heavy atom. The normalized spacial score (nSPS) is 13.2. The molecule has 0 bridgehead atoms. The fourth-order valence-electron chi connectivity index (χ4n) is 6.38. The molecule has 53 heavy (non-hydrogen) atoms. The number of unbranched alkanes of at least 4 members (excludes halogenated alkanes) is 21. The zero-order valence-corrected chi connectivity index (χ0v) is 35.2. The van der Waals surface area contributed by atoms with E-state index < -0.39 is 18.1 Å². The lowest BCUT2D eigenvalue weighted by Crippen LogP contribution is -2.50. The van der Waals surface area contributed by atoms with Gasteiger partial charge in [0.1, 0.15) is 6.61 Å². The Kier molecular flexibility index (Phi) is 35.2. The predicted octanol–water partition coefficient (Wildman–Crippen LogP) is 11.7. The van der Waals surface area contributed by atoms with Gasteiger partial charge in [-0.3, -0.25) is 9.59 Å². The molecule has 0 saturated carbocycles. The number of nitrogens with zero attached hydrogens (tertiary/aromatic N) is 1. The molecule has 8 heteroatoms. The van der Waals surface area contributed by atoms with E-state index in [2.05, 4.69) is 38.2 Å². The summed E-state index contributed by atoms with van der Waals surface area (Å²) >= 11 is 0. The molecule has 0 heterocycles. The number of ether oxygens (including phenoxy) is 3. The summed E-state index contributed by atoms with van der Waals surface area (Å²) in [5, 5.41) is 9.60. The molecule has 310 valence electrons. The summed E-state index contributed by atoms with van der Waals surface area (Å²) < 4.78 is 17.2. The summed E-state index contributed by atoms with van der Waals surface area (Å²) in [6.07, 6.45) is 39.5. The number of quaternary nitrogens is 1. The Hall–Kier alpha value is -2.19. The lowest BCUT2D eigenvalue weighted by atomic mass is 10.1. The third-order valence-corrected chi connectivity index (χ3v) is 9.82. The first-order chi connectivity index (χ1) is 25.6. The predicted molar refractivity (Wildman–Crippen MR) is 220 cm³/mol. The van der Waals surface area contributed by atoms with Crippen LogP contribution in [-0.4, -0.2) is 80.6 Å². The minimum atomic E-state index is -0.878. The van der Waals surface area contributed by atoms with E-state index in [1.54, 1.807) is 0 Å². The van der Waals surface area contributed by atoms with E-state index in [-0.39, 0.29) is 36.2 Å². The highest BCUT2D eigenvalue weighted by atomic mass is 16.6. The van der Waals surface area contributed by atoms with Gasteiger partial charge in [-0.05, 0) is 57.8 Å². The molecule has 0 aliphatic heterocycles. The molecule has 8 nitrogen and oxygen atoms in total. The molecule has 2 unspecified atom stereocenters. The van der Waals surface area contributed by atoms with E-state index in [1.165, 1.54) is 122 Å². The number of allylic oxidation sites excluding steroid dienone is 4. The fourth-order valence-corrected chi connectivity index (χ4v) is 6.38. The van der Waals surface area contributed by atoms with Crippen LogP contribution in [0.25, 0.3) is 0 Å². The van der Waals surface area contributed by atoms with Gasteiger partial charge in [-0.15, -0.1) is 0 Å². The third-order valence-electron chi connectivity index (χ3n) is 9.82. The zero-order chi connectivity index (χ0) is 39.3. The molecular formula is C45H84NO7+. The standard InChI is InChI=1S/C45H83NO7/c1-6-8-10-12-14-16-17-18-19-20-21-22-23-24-25-26-28-30-32-34-36-44(48)53-41(39-51-38-37-42(45(49)50)46(3,4)5)40-52-43(47)35-33-31-29-27-15-13-11-9-7-2/h21-22,27,29,41-42H,6-20,23-26,28,30-40H2,1-5H3/p+1/b22-21+,29-27+. The van der Waals surface area contributed by atoms with Crippen LogP contribution >= 0.6 is 0 Å². The molecule has 0 aromatic carbocycles. The van der Waals surface area contributed by atoms with Crippen molar-refractivity contribution in [1.29, 1.82) is 0 Å². The first-order valence-electron chi connectivity index (χ1n) is 21.9. The van der Waals surface area contributed by atoms with E-state index in [1.807, 2.05) is 21.1 Å². The maximum absolute atomic E-state index is 12.7. The number of rotatable bonds is 39. The van der Waals surface area contributed by atoms with Gasteiger partial charge in [0.2, 0.25) is 0 Å². The molecule has 0 amide bonds. The van der Waals surface area contributed by atoms with E-state index in [0.29, 0.717) is 25.7 Å². The number of likely N-dealkylation sites (N-methyl/N-ethyl adjacent to an activating group) is 1. The Labute approximate surface area is 326 Å². The van der Waals surface area contributed by atoms with E-state index in [0.717, 1.165) is 32.1 Å². The smallest absolute Gasteiger partial charge is 0.362 e. The lowest BCUT2D eigenvalue weighted by Gasteiger charge is -2.31. The number of carboxylic acid groups (broad SMARTS) is 1. The molecule has 0 aromatic heterocycles. The van der Waals surface area contributed by atoms with Crippen LogP contribution in [-0.2, 0) is 28.6 Å². The summed E-state index contributed by atoms with van der Waals surface area (Å²) in [7, 11) is 5.51. The topological polar surface area (TPSA) is 99.1 Å². The van der Waals surface area contributed by atoms with Gasteiger partial charge in [0.25, 0.3) is 0 Å². The summed E-state index contributed by atoms with van der Waals surface area (Å²) in [6, 6.07) is -0.615. The molecule has 1 N–H and O–H groups in total. The second-order valence-corrected chi connectivity index (χ2v) is 15.9. The molecule has 0 aromatic rings. The maximum atomic E-state index is 12.7. The molecule has 0 fully saturated rings. The SMILES string of the molecule is CCCCCC/C=C/CCCC(=O)OCC(COCCC(C(=O)O)[N+](C)(C)C)OC(=O)CCCCCCCCC/C=C/CCCCCCCCCCC. The van der Waals surface area contributed by atoms with Crippen LogP contribution in [0.2, 0.25) is 0 Å². The number of hydrogen-bond acceptors (Lipinski definition) is 6. The van der Waals surface area contributed by atoms with Gasteiger partial charge in [-0.25, -0.2) is 4.79 Å². The van der Waals surface area contributed by atoms with Crippen LogP contribution < -0.4 is 0 Å². The van der Waals surface area contributed by atoms with Crippen LogP contribution in [0.15, 0.2) is 24.3 Å². The van der Waals surface area contributed by atoms with Gasteiger partial charge in [-0.1, -0.05) is 141 Å². The van der Waals surface area contributed by atoms with E-state index >= 15 is 0 Å². The number of carbonyl (C=O) groups is 3. The van der Waals surface area contributed by atoms with Crippen molar-refractivity contribution >= 4 is 17.9 Å². The number of carboxylic acids is 1. The number of esters is 2. The molecule has 0 aliphatic rings. The zero-order valence-electron chi connectivity index (χ0n) is 35.2. The maximum Gasteiger partial charge on any atom is 0.362 e. The molecular weight excluding hydrogens is 666 g/mol. The summed E-state index contributed by atoms with van der Waals surface area (Å²) in [6.45, 7) is 4.67. The molecule has 0 aliphatic carbocycles. The van der Waals surface area contributed by atoms with Crippen molar-refractivity contribution in [3.05, 3.63) is 24.3 Å². The molecule has 2 atom stereocenters. The third kappa shape index (κ3) is 35.3. The lowest BCUT2D eigenvalue weighted by molar-refractivity contribution is -0.887. The minimum absolute atomic E-state index is 0.0533. The van der Waals surface area contributed by atoms with Crippen LogP contribution in [0.5, 0.6) is 0 Å². The van der Waals surface area contributed by atoms with E-state index in [9.17, 15) is 19.5 Å². The average molecular weight is 751 g/mol. The second-order valence-electron chi connectivity index (χ2n) is 15.9. The molecule has 0 saturated heterocycles. The minimum Gasteiger partial charge on any atom is -0.477 e. The highest BCUT2D eigenvalue weighted by Gasteiger charge is 2.31. The van der Waals surface area contributed by atoms with Crippen molar-refractivity contribution in [3.63, 3.8) is 0 Å². The number of carbonyl (C=O) groups excluding carboxylic acids is 2. The van der Waals surface area contributed by atoms with Gasteiger partial charge < -0.3 is 23.8 Å². The highest BCUT2D eigenvalue weighted by Crippen LogP contribution is 2.14. The van der Waals surface area contributed by atoms with Gasteiger partial charge in [0, 0.05) is 19.3 Å². The first kappa shape index (κ1) is 50.8. The monoisotopic (exact) mass is 751 g/mol. The molecule has 0 radical (unpaired) electrons. The second kappa shape index (κ2) is 36.8. The summed E-state index contributed by atoms with van der Waals surface area (Å²) in [4.78, 5) is 36.8. The Morgan fingerprint density at radius 2 is 0.962 bits per heavy atom. The van der Waals surface area contributed by atoms with Gasteiger partial charge in [-0.2, -0.15) is 0 Å². The van der Waals surface area contributed by atoms with Crippen LogP contribution in [0.1, 0.15) is 194 Å². The van der Waals surface area contributed by atoms with Crippen molar-refractivity contribution in [1.82, 2.24) is 0 Å². The van der Waals surface area contributed by atoms with Crippen molar-refractivity contribution in [2.24, 2.45) is 0 Å². The highest BCUT2D eigenvalue weighted by molar-refractivity contribution is 5.72. The van der Waals surface area contributed by atoms with Gasteiger partial charge in [0.15, 0.2) is 12.1 Å². The van der Waals surface area contributed by atoms with Crippen LogP contribution in [0, 0.1) is 0 Å². The van der Waals surface area contributed by atoms with Gasteiger partial charge >= 0.3 is 17.9 Å². The Balaban J connectivity index is 4.27. The van der Waals surface area contributed by atoms with Crippen molar-refractivity contribution < 1.29 is 38.2 Å². The quantitative estimate of drug-likeness (QED) is 0.0289. The van der Waals surface area contributed by atoms with Crippen LogP contribution in [0.3, 0.4) is 0 Å². The largest absolute Gasteiger partial charge is 0.477 e. The van der Waals surface area contributed by atoms with Crippen molar-refractivity contribution in [3.8, 4) is 0 Å². The van der Waals surface area contributed by atoms with Gasteiger partial charge in [0.05, 0.1) is 34.4 Å². The number of hydrogen-bond donors (Lipinski definition) is 1. The van der Waals surface area contributed by atoms with Crippen molar-refractivity contribution in [2.75, 3.05) is 41.0 Å². The molecule has 0 spiro atoms. The summed E-state index contributed by atoms with van der Waals surface area (Å²) in [5.74, 6) is -1.51. The number of aliphatic carboxylic acids is 1. The Morgan fingerprint density at radius 3 is 1.43 bits per heavy atom. The van der Waals surface area contributed by atoms with E-state index in [4.69, 9.17) is 14.2 Å². The van der Waals surface area contributed by atoms with Crippen molar-refractivity contribution in [2.45, 2.75) is 206 Å². The average Bonchev–Trinajstić information content (AvgIpc) is 3.11. The fraction of sp³-hybridized carbons (Fsp3) is 0.844. The summed E-state index contributed by atoms with van der Waals surface area (Å²) in [5.41, 5.74) is 0.